The van der Waals surface area contributed by atoms with Crippen molar-refractivity contribution in [2.75, 3.05) is 5.48 Å². The quantitative estimate of drug-likeness (QED) is 0.587. The molecule has 3 rings (SSSR count). The minimum absolute atomic E-state index is 0.520. The van der Waals surface area contributed by atoms with Gasteiger partial charge in [0.05, 0.1) is 15.9 Å². The number of carbonyl (C=O) groups excluding carboxylic acids is 1. The average Bonchev–Trinajstić information content (AvgIpc) is 2.91. The minimum atomic E-state index is -0.520. The number of benzene rings is 2. The molecule has 0 amide bonds. The molecule has 0 aliphatic heterocycles. The van der Waals surface area contributed by atoms with Gasteiger partial charge in [-0.1, -0.05) is 17.1 Å². The van der Waals surface area contributed by atoms with E-state index in [0.29, 0.717) is 5.69 Å². The molecule has 2 aromatic carbocycles. The van der Waals surface area contributed by atoms with Crippen molar-refractivity contribution in [3.05, 3.63) is 48.5 Å². The zero-order valence-corrected chi connectivity index (χ0v) is 12.0. The van der Waals surface area contributed by atoms with Crippen LogP contribution in [0.2, 0.25) is 0 Å². The molecule has 21 heavy (non-hydrogen) atoms. The van der Waals surface area contributed by atoms with E-state index in [9.17, 15) is 4.79 Å². The topological polar surface area (TPSA) is 60.5 Å². The van der Waals surface area contributed by atoms with Gasteiger partial charge in [0, 0.05) is 12.5 Å². The first-order valence-electron chi connectivity index (χ1n) is 6.28. The Kier molecular flexibility index (Phi) is 3.81. The molecule has 0 saturated heterocycles. The number of carbonyl (C=O) groups is 1. The second-order valence-corrected chi connectivity index (χ2v) is 5.36. The van der Waals surface area contributed by atoms with Crippen LogP contribution in [0.25, 0.3) is 20.8 Å². The lowest BCUT2D eigenvalue weighted by Crippen LogP contribution is -2.06. The SMILES string of the molecule is CC(=O)OONc1ccc(-c2nc3ccccc3s2)cc1. The lowest BCUT2D eigenvalue weighted by atomic mass is 10.2. The summed E-state index contributed by atoms with van der Waals surface area (Å²) >= 11 is 1.65. The maximum Gasteiger partial charge on any atom is 0.342 e. The largest absolute Gasteiger partial charge is 0.342 e. The van der Waals surface area contributed by atoms with Gasteiger partial charge in [-0.15, -0.1) is 11.3 Å². The standard InChI is InChI=1S/C15H12N2O3S/c1-10(18)19-20-17-12-8-6-11(7-9-12)15-16-13-4-2-3-5-14(13)21-15/h2-9,17H,1H3. The third-order valence-electron chi connectivity index (χ3n) is 2.74. The molecule has 1 aromatic heterocycles. The van der Waals surface area contributed by atoms with Gasteiger partial charge in [-0.2, -0.15) is 0 Å². The van der Waals surface area contributed by atoms with E-state index in [1.54, 1.807) is 11.3 Å². The number of hydrogen-bond acceptors (Lipinski definition) is 6. The van der Waals surface area contributed by atoms with Gasteiger partial charge >= 0.3 is 5.97 Å². The summed E-state index contributed by atoms with van der Waals surface area (Å²) in [4.78, 5) is 24.1. The van der Waals surface area contributed by atoms with Crippen LogP contribution in [-0.4, -0.2) is 11.0 Å². The number of para-hydroxylation sites is 1. The number of anilines is 1. The highest BCUT2D eigenvalue weighted by atomic mass is 32.1. The Morgan fingerprint density at radius 3 is 2.62 bits per heavy atom. The molecule has 0 radical (unpaired) electrons. The molecule has 0 bridgehead atoms. The summed E-state index contributed by atoms with van der Waals surface area (Å²) in [6, 6.07) is 15.5. The number of hydrogen-bond donors (Lipinski definition) is 1. The van der Waals surface area contributed by atoms with Crippen molar-refractivity contribution < 1.29 is 14.7 Å². The summed E-state index contributed by atoms with van der Waals surface area (Å²) in [6.45, 7) is 1.26. The molecule has 0 unspecified atom stereocenters. The van der Waals surface area contributed by atoms with Crippen LogP contribution in [0.1, 0.15) is 6.92 Å². The molecule has 0 saturated carbocycles. The lowest BCUT2D eigenvalue weighted by Gasteiger charge is -2.04. The van der Waals surface area contributed by atoms with Crippen LogP contribution in [0.3, 0.4) is 0 Å². The van der Waals surface area contributed by atoms with E-state index in [0.717, 1.165) is 20.8 Å². The van der Waals surface area contributed by atoms with Crippen LogP contribution >= 0.6 is 11.3 Å². The van der Waals surface area contributed by atoms with E-state index in [2.05, 4.69) is 26.4 Å². The maximum atomic E-state index is 10.6. The van der Waals surface area contributed by atoms with Gasteiger partial charge < -0.3 is 0 Å². The molecule has 0 atom stereocenters. The number of nitrogens with one attached hydrogen (secondary N) is 1. The third-order valence-corrected chi connectivity index (χ3v) is 3.83. The van der Waals surface area contributed by atoms with Crippen molar-refractivity contribution in [1.29, 1.82) is 0 Å². The summed E-state index contributed by atoms with van der Waals surface area (Å²) in [7, 11) is 0. The Labute approximate surface area is 125 Å². The van der Waals surface area contributed by atoms with Crippen molar-refractivity contribution in [3.63, 3.8) is 0 Å². The zero-order valence-electron chi connectivity index (χ0n) is 11.2. The van der Waals surface area contributed by atoms with Gasteiger partial charge in [0.2, 0.25) is 0 Å². The van der Waals surface area contributed by atoms with Crippen molar-refractivity contribution in [2.24, 2.45) is 0 Å². The lowest BCUT2D eigenvalue weighted by molar-refractivity contribution is -0.252. The zero-order chi connectivity index (χ0) is 14.7. The first kappa shape index (κ1) is 13.5. The average molecular weight is 300 g/mol. The molecule has 6 heteroatoms. The summed E-state index contributed by atoms with van der Waals surface area (Å²) < 4.78 is 1.16. The van der Waals surface area contributed by atoms with Gasteiger partial charge in [-0.05, 0) is 36.4 Å². The normalized spacial score (nSPS) is 10.5. The molecule has 106 valence electrons. The number of nitrogens with zero attached hydrogens (tertiary/aromatic N) is 1. The molecular formula is C15H12N2O3S. The van der Waals surface area contributed by atoms with Crippen molar-refractivity contribution in [2.45, 2.75) is 6.92 Å². The molecule has 0 fully saturated rings. The van der Waals surface area contributed by atoms with E-state index in [4.69, 9.17) is 0 Å². The molecule has 0 aliphatic rings. The van der Waals surface area contributed by atoms with E-state index in [1.807, 2.05) is 42.5 Å². The van der Waals surface area contributed by atoms with Gasteiger partial charge in [0.25, 0.3) is 0 Å². The number of rotatable bonds is 4. The van der Waals surface area contributed by atoms with Crippen LogP contribution in [0.5, 0.6) is 0 Å². The summed E-state index contributed by atoms with van der Waals surface area (Å²) in [5.74, 6) is -0.520. The molecule has 5 nitrogen and oxygen atoms in total. The van der Waals surface area contributed by atoms with Crippen molar-refractivity contribution in [3.8, 4) is 10.6 Å². The first-order valence-corrected chi connectivity index (χ1v) is 7.10. The van der Waals surface area contributed by atoms with Crippen molar-refractivity contribution >= 4 is 33.2 Å². The van der Waals surface area contributed by atoms with Crippen LogP contribution in [0.15, 0.2) is 48.5 Å². The Balaban J connectivity index is 1.75. The molecule has 3 aromatic rings. The van der Waals surface area contributed by atoms with E-state index < -0.39 is 5.97 Å². The third kappa shape index (κ3) is 3.18. The molecule has 0 spiro atoms. The predicted molar refractivity (Wildman–Crippen MR) is 81.5 cm³/mol. The van der Waals surface area contributed by atoms with E-state index in [1.165, 1.54) is 6.92 Å². The Morgan fingerprint density at radius 1 is 1.14 bits per heavy atom. The highest BCUT2D eigenvalue weighted by Gasteiger charge is 2.05. The second-order valence-electron chi connectivity index (χ2n) is 4.32. The molecule has 0 aliphatic carbocycles. The smallest absolute Gasteiger partial charge is 0.275 e. The molecule has 1 N–H and O–H groups in total. The highest BCUT2D eigenvalue weighted by molar-refractivity contribution is 7.21. The van der Waals surface area contributed by atoms with Crippen LogP contribution in [-0.2, 0) is 14.7 Å². The fourth-order valence-corrected chi connectivity index (χ4v) is 2.78. The Bertz CT molecular complexity index is 735. The predicted octanol–water partition coefficient (Wildman–Crippen LogP) is 3.78. The summed E-state index contributed by atoms with van der Waals surface area (Å²) in [5.41, 5.74) is 5.22. The van der Waals surface area contributed by atoms with Crippen molar-refractivity contribution in [1.82, 2.24) is 4.98 Å². The van der Waals surface area contributed by atoms with E-state index >= 15 is 0 Å². The number of thiazole rings is 1. The van der Waals surface area contributed by atoms with E-state index in [-0.39, 0.29) is 0 Å². The van der Waals surface area contributed by atoms with Crippen LogP contribution in [0, 0.1) is 0 Å². The van der Waals surface area contributed by atoms with Gasteiger partial charge in [-0.3, -0.25) is 4.89 Å². The highest BCUT2D eigenvalue weighted by Crippen LogP contribution is 2.30. The fourth-order valence-electron chi connectivity index (χ4n) is 1.80. The van der Waals surface area contributed by atoms with Gasteiger partial charge in [0.1, 0.15) is 5.01 Å². The molecule has 1 heterocycles. The van der Waals surface area contributed by atoms with Gasteiger partial charge in [0.15, 0.2) is 0 Å². The number of aromatic nitrogens is 1. The monoisotopic (exact) mass is 300 g/mol. The summed E-state index contributed by atoms with van der Waals surface area (Å²) in [5, 5.41) is 0.962. The Morgan fingerprint density at radius 2 is 1.90 bits per heavy atom. The van der Waals surface area contributed by atoms with Gasteiger partial charge in [-0.25, -0.2) is 15.3 Å². The van der Waals surface area contributed by atoms with Crippen LogP contribution < -0.4 is 5.48 Å². The minimum Gasteiger partial charge on any atom is -0.275 e. The van der Waals surface area contributed by atoms with Crippen LogP contribution in [0.4, 0.5) is 5.69 Å². The Hall–Kier alpha value is -2.44. The molecular weight excluding hydrogens is 288 g/mol. The number of fused-ring (bicyclic) bond motifs is 1. The second kappa shape index (κ2) is 5.90. The fraction of sp³-hybridized carbons (Fsp3) is 0.0667. The summed E-state index contributed by atoms with van der Waals surface area (Å²) in [6.07, 6.45) is 0. The maximum absolute atomic E-state index is 10.6. The first-order chi connectivity index (χ1) is 10.2.